The zero-order chi connectivity index (χ0) is 20.8. The Hall–Kier alpha value is -3.06. The fourth-order valence-corrected chi connectivity index (χ4v) is 3.67. The van der Waals surface area contributed by atoms with Crippen molar-refractivity contribution in [3.63, 3.8) is 0 Å². The molecule has 29 heavy (non-hydrogen) atoms. The second kappa shape index (κ2) is 9.43. The molecule has 7 heteroatoms. The maximum absolute atomic E-state index is 12.0. The smallest absolute Gasteiger partial charge is 0.344 e. The Kier molecular flexibility index (Phi) is 6.72. The maximum atomic E-state index is 12.0. The van der Waals surface area contributed by atoms with Crippen molar-refractivity contribution in [2.24, 2.45) is 0 Å². The number of thiazole rings is 1. The lowest BCUT2D eigenvalue weighted by Crippen LogP contribution is -2.15. The van der Waals surface area contributed by atoms with Crippen molar-refractivity contribution in [3.8, 4) is 27.8 Å². The molecule has 0 unspecified atom stereocenters. The molecule has 0 saturated heterocycles. The lowest BCUT2D eigenvalue weighted by Gasteiger charge is -2.10. The van der Waals surface area contributed by atoms with Gasteiger partial charge in [-0.1, -0.05) is 23.8 Å². The van der Waals surface area contributed by atoms with E-state index in [2.05, 4.69) is 4.98 Å². The molecule has 0 atom stereocenters. The van der Waals surface area contributed by atoms with Crippen LogP contribution in [-0.2, 0) is 16.1 Å². The van der Waals surface area contributed by atoms with Crippen molar-refractivity contribution in [1.82, 2.24) is 4.98 Å². The first kappa shape index (κ1) is 20.7. The van der Waals surface area contributed by atoms with Crippen LogP contribution in [0.1, 0.15) is 16.8 Å². The standard InChI is InChI=1S/C22H23NO5S/c1-14-8-9-18(15(2)10-14)27-12-20(24)28-11-16-13-29-22(23-16)17-6-5-7-19(25-3)21(17)26-4/h5-10,13H,11-12H2,1-4H3. The fourth-order valence-electron chi connectivity index (χ4n) is 2.85. The van der Waals surface area contributed by atoms with Gasteiger partial charge >= 0.3 is 5.97 Å². The summed E-state index contributed by atoms with van der Waals surface area (Å²) < 4.78 is 21.6. The summed E-state index contributed by atoms with van der Waals surface area (Å²) in [5.74, 6) is 1.48. The normalized spacial score (nSPS) is 10.5. The van der Waals surface area contributed by atoms with Crippen molar-refractivity contribution in [3.05, 3.63) is 58.6 Å². The molecule has 0 amide bonds. The number of esters is 1. The molecule has 0 spiro atoms. The Morgan fingerprint density at radius 2 is 1.90 bits per heavy atom. The highest BCUT2D eigenvalue weighted by atomic mass is 32.1. The Bertz CT molecular complexity index is 999. The third-order valence-corrected chi connectivity index (χ3v) is 5.17. The van der Waals surface area contributed by atoms with E-state index in [4.69, 9.17) is 18.9 Å². The van der Waals surface area contributed by atoms with Crippen molar-refractivity contribution < 1.29 is 23.7 Å². The Morgan fingerprint density at radius 3 is 2.62 bits per heavy atom. The van der Waals surface area contributed by atoms with Gasteiger partial charge in [-0.15, -0.1) is 11.3 Å². The van der Waals surface area contributed by atoms with Gasteiger partial charge < -0.3 is 18.9 Å². The highest BCUT2D eigenvalue weighted by molar-refractivity contribution is 7.13. The van der Waals surface area contributed by atoms with Crippen LogP contribution in [0, 0.1) is 13.8 Å². The average Bonchev–Trinajstić information content (AvgIpc) is 3.19. The van der Waals surface area contributed by atoms with Gasteiger partial charge in [0.1, 0.15) is 17.4 Å². The first-order chi connectivity index (χ1) is 14.0. The van der Waals surface area contributed by atoms with Crippen LogP contribution in [0.5, 0.6) is 17.2 Å². The summed E-state index contributed by atoms with van der Waals surface area (Å²) in [6.07, 6.45) is 0. The number of aryl methyl sites for hydroxylation is 2. The molecule has 6 nitrogen and oxygen atoms in total. The largest absolute Gasteiger partial charge is 0.493 e. The minimum absolute atomic E-state index is 0.0812. The van der Waals surface area contributed by atoms with Crippen LogP contribution in [0.25, 0.3) is 10.6 Å². The Morgan fingerprint density at radius 1 is 1.07 bits per heavy atom. The van der Waals surface area contributed by atoms with Crippen molar-refractivity contribution in [2.45, 2.75) is 20.5 Å². The monoisotopic (exact) mass is 413 g/mol. The molecule has 0 bridgehead atoms. The molecule has 0 aliphatic carbocycles. The van der Waals surface area contributed by atoms with Gasteiger partial charge in [0.2, 0.25) is 0 Å². The van der Waals surface area contributed by atoms with Crippen molar-refractivity contribution in [1.29, 1.82) is 0 Å². The third kappa shape index (κ3) is 5.06. The lowest BCUT2D eigenvalue weighted by molar-refractivity contribution is -0.147. The second-order valence-electron chi connectivity index (χ2n) is 6.40. The summed E-state index contributed by atoms with van der Waals surface area (Å²) in [5, 5.41) is 2.62. The first-order valence-electron chi connectivity index (χ1n) is 9.03. The molecule has 0 fully saturated rings. The zero-order valence-electron chi connectivity index (χ0n) is 16.9. The summed E-state index contributed by atoms with van der Waals surface area (Å²) in [7, 11) is 3.18. The number of ether oxygens (including phenoxy) is 4. The highest BCUT2D eigenvalue weighted by Gasteiger charge is 2.15. The highest BCUT2D eigenvalue weighted by Crippen LogP contribution is 2.39. The number of methoxy groups -OCH3 is 2. The van der Waals surface area contributed by atoms with Gasteiger partial charge in [0.05, 0.1) is 25.5 Å². The van der Waals surface area contributed by atoms with Crippen LogP contribution in [0.4, 0.5) is 0 Å². The van der Waals surface area contributed by atoms with Gasteiger partial charge in [-0.3, -0.25) is 0 Å². The predicted molar refractivity (Wildman–Crippen MR) is 112 cm³/mol. The Balaban J connectivity index is 1.59. The SMILES string of the molecule is COc1cccc(-c2nc(COC(=O)COc3ccc(C)cc3C)cs2)c1OC. The number of hydrogen-bond donors (Lipinski definition) is 0. The van der Waals surface area contributed by atoms with Crippen LogP contribution in [0.15, 0.2) is 41.8 Å². The van der Waals surface area contributed by atoms with Gasteiger partial charge in [-0.05, 0) is 37.6 Å². The predicted octanol–water partition coefficient (Wildman–Crippen LogP) is 4.57. The molecule has 0 radical (unpaired) electrons. The van der Waals surface area contributed by atoms with E-state index < -0.39 is 5.97 Å². The molecule has 0 aliphatic heterocycles. The van der Waals surface area contributed by atoms with E-state index >= 15 is 0 Å². The van der Waals surface area contributed by atoms with Gasteiger partial charge in [-0.2, -0.15) is 0 Å². The molecule has 3 rings (SSSR count). The summed E-state index contributed by atoms with van der Waals surface area (Å²) in [6.45, 7) is 3.88. The first-order valence-corrected chi connectivity index (χ1v) is 9.91. The number of nitrogens with zero attached hydrogens (tertiary/aromatic N) is 1. The van der Waals surface area contributed by atoms with E-state index in [1.54, 1.807) is 14.2 Å². The number of para-hydroxylation sites is 1. The number of carbonyl (C=O) groups is 1. The number of benzene rings is 2. The summed E-state index contributed by atoms with van der Waals surface area (Å²) in [6, 6.07) is 11.4. The number of hydrogen-bond acceptors (Lipinski definition) is 7. The van der Waals surface area contributed by atoms with Crippen LogP contribution in [0.2, 0.25) is 0 Å². The molecule has 0 saturated carbocycles. The quantitative estimate of drug-likeness (QED) is 0.504. The average molecular weight is 413 g/mol. The van der Waals surface area contributed by atoms with E-state index in [9.17, 15) is 4.79 Å². The minimum Gasteiger partial charge on any atom is -0.493 e. The zero-order valence-corrected chi connectivity index (χ0v) is 17.7. The molecule has 152 valence electrons. The van der Waals surface area contributed by atoms with Gasteiger partial charge in [0.25, 0.3) is 0 Å². The molecular formula is C22H23NO5S. The third-order valence-electron chi connectivity index (χ3n) is 4.24. The Labute approximate surface area is 174 Å². The molecule has 0 aliphatic rings. The number of carbonyl (C=O) groups excluding carboxylic acids is 1. The molecule has 3 aromatic rings. The van der Waals surface area contributed by atoms with Crippen LogP contribution in [0.3, 0.4) is 0 Å². The second-order valence-corrected chi connectivity index (χ2v) is 7.26. The van der Waals surface area contributed by atoms with Crippen LogP contribution < -0.4 is 14.2 Å². The summed E-state index contributed by atoms with van der Waals surface area (Å²) in [4.78, 5) is 16.6. The van der Waals surface area contributed by atoms with E-state index in [0.29, 0.717) is 22.9 Å². The van der Waals surface area contributed by atoms with Crippen molar-refractivity contribution >= 4 is 17.3 Å². The van der Waals surface area contributed by atoms with Gasteiger partial charge in [0, 0.05) is 5.38 Å². The molecule has 0 N–H and O–H groups in total. The van der Waals surface area contributed by atoms with E-state index in [1.165, 1.54) is 11.3 Å². The summed E-state index contributed by atoms with van der Waals surface area (Å²) in [5.41, 5.74) is 3.61. The lowest BCUT2D eigenvalue weighted by atomic mass is 10.1. The van der Waals surface area contributed by atoms with E-state index in [1.807, 2.05) is 55.6 Å². The fraction of sp³-hybridized carbons (Fsp3) is 0.273. The van der Waals surface area contributed by atoms with Crippen LogP contribution >= 0.6 is 11.3 Å². The summed E-state index contributed by atoms with van der Waals surface area (Å²) >= 11 is 1.45. The van der Waals surface area contributed by atoms with E-state index in [0.717, 1.165) is 21.7 Å². The molecule has 2 aromatic carbocycles. The van der Waals surface area contributed by atoms with Crippen LogP contribution in [-0.4, -0.2) is 31.8 Å². The molecule has 1 aromatic heterocycles. The van der Waals surface area contributed by atoms with E-state index in [-0.39, 0.29) is 13.2 Å². The van der Waals surface area contributed by atoms with Crippen molar-refractivity contribution in [2.75, 3.05) is 20.8 Å². The van der Waals surface area contributed by atoms with Gasteiger partial charge in [0.15, 0.2) is 18.1 Å². The molecular weight excluding hydrogens is 390 g/mol. The maximum Gasteiger partial charge on any atom is 0.344 e. The molecule has 1 heterocycles. The topological polar surface area (TPSA) is 66.9 Å². The van der Waals surface area contributed by atoms with Gasteiger partial charge in [-0.25, -0.2) is 9.78 Å². The minimum atomic E-state index is -0.446. The number of aromatic nitrogens is 1. The number of rotatable bonds is 8.